The topological polar surface area (TPSA) is 41.6 Å². The van der Waals surface area contributed by atoms with Crippen molar-refractivity contribution >= 4 is 0 Å². The molecular formula is C17H17N3. The number of hydrogen-bond acceptors (Lipinski definition) is 2. The highest BCUT2D eigenvalue weighted by molar-refractivity contribution is 5.45. The fraction of sp³-hybridized carbons (Fsp3) is 0.176. The third-order valence-corrected chi connectivity index (χ3v) is 3.81. The maximum atomic E-state index is 4.26. The number of rotatable bonds is 3. The summed E-state index contributed by atoms with van der Waals surface area (Å²) in [5.41, 5.74) is 6.17. The van der Waals surface area contributed by atoms with Crippen LogP contribution in [0.15, 0.2) is 55.2 Å². The zero-order chi connectivity index (χ0) is 13.9. The first kappa shape index (κ1) is 12.6. The second-order valence-electron chi connectivity index (χ2n) is 5.02. The van der Waals surface area contributed by atoms with Crippen molar-refractivity contribution in [3.63, 3.8) is 0 Å². The molecule has 0 aliphatic carbocycles. The number of benzene rings is 1. The van der Waals surface area contributed by atoms with Gasteiger partial charge in [-0.25, -0.2) is 4.98 Å². The van der Waals surface area contributed by atoms with Crippen LogP contribution in [0.1, 0.15) is 33.9 Å². The predicted octanol–water partition coefficient (Wildman–Crippen LogP) is 3.60. The standard InChI is InChI=1S/C17H17N3/c1-12-5-3-7-15(13(12)2)17(16-10-19-11-20-16)14-6-4-8-18-9-14/h3-11,17H,1-2H3,(H,19,20). The molecule has 0 fully saturated rings. The third-order valence-electron chi connectivity index (χ3n) is 3.81. The SMILES string of the molecule is Cc1cccc(C(c2cccnc2)c2cnc[nH]2)c1C. The van der Waals surface area contributed by atoms with E-state index in [1.807, 2.05) is 18.5 Å². The fourth-order valence-electron chi connectivity index (χ4n) is 2.58. The summed E-state index contributed by atoms with van der Waals surface area (Å²) in [5, 5.41) is 0. The van der Waals surface area contributed by atoms with Gasteiger partial charge in [0.25, 0.3) is 0 Å². The summed E-state index contributed by atoms with van der Waals surface area (Å²) in [6, 6.07) is 10.5. The summed E-state index contributed by atoms with van der Waals surface area (Å²) < 4.78 is 0. The molecule has 2 heterocycles. The predicted molar refractivity (Wildman–Crippen MR) is 79.7 cm³/mol. The van der Waals surface area contributed by atoms with Crippen LogP contribution >= 0.6 is 0 Å². The van der Waals surface area contributed by atoms with E-state index in [-0.39, 0.29) is 5.92 Å². The first-order valence-corrected chi connectivity index (χ1v) is 6.71. The Morgan fingerprint density at radius 1 is 1.00 bits per heavy atom. The molecule has 100 valence electrons. The Labute approximate surface area is 118 Å². The van der Waals surface area contributed by atoms with Crippen molar-refractivity contribution in [1.82, 2.24) is 15.0 Å². The van der Waals surface area contributed by atoms with E-state index >= 15 is 0 Å². The van der Waals surface area contributed by atoms with E-state index in [0.29, 0.717) is 0 Å². The van der Waals surface area contributed by atoms with Crippen LogP contribution in [-0.4, -0.2) is 15.0 Å². The van der Waals surface area contributed by atoms with Gasteiger partial charge < -0.3 is 4.98 Å². The second-order valence-corrected chi connectivity index (χ2v) is 5.02. The summed E-state index contributed by atoms with van der Waals surface area (Å²) in [7, 11) is 0. The van der Waals surface area contributed by atoms with Crippen LogP contribution in [-0.2, 0) is 0 Å². The van der Waals surface area contributed by atoms with Crippen molar-refractivity contribution in [2.75, 3.05) is 0 Å². The van der Waals surface area contributed by atoms with Gasteiger partial charge in [-0.2, -0.15) is 0 Å². The van der Waals surface area contributed by atoms with Gasteiger partial charge in [0.15, 0.2) is 0 Å². The molecule has 0 aliphatic heterocycles. The first-order valence-electron chi connectivity index (χ1n) is 6.71. The maximum absolute atomic E-state index is 4.26. The zero-order valence-electron chi connectivity index (χ0n) is 11.7. The molecule has 0 spiro atoms. The molecule has 1 atom stereocenters. The highest BCUT2D eigenvalue weighted by atomic mass is 14.9. The molecule has 0 saturated heterocycles. The Kier molecular flexibility index (Phi) is 3.33. The van der Waals surface area contributed by atoms with Gasteiger partial charge in [0.2, 0.25) is 0 Å². The average molecular weight is 263 g/mol. The minimum Gasteiger partial charge on any atom is -0.348 e. The molecule has 0 amide bonds. The van der Waals surface area contributed by atoms with E-state index in [9.17, 15) is 0 Å². The first-order chi connectivity index (χ1) is 9.77. The molecule has 3 nitrogen and oxygen atoms in total. The van der Waals surface area contributed by atoms with Crippen LogP contribution in [0.25, 0.3) is 0 Å². The molecule has 0 radical (unpaired) electrons. The summed E-state index contributed by atoms with van der Waals surface area (Å²) in [6.45, 7) is 4.32. The van der Waals surface area contributed by atoms with E-state index in [1.165, 1.54) is 22.3 Å². The van der Waals surface area contributed by atoms with E-state index < -0.39 is 0 Å². The number of aromatic amines is 1. The number of nitrogens with one attached hydrogen (secondary N) is 1. The quantitative estimate of drug-likeness (QED) is 0.784. The molecule has 0 saturated carbocycles. The number of imidazole rings is 1. The lowest BCUT2D eigenvalue weighted by molar-refractivity contribution is 0.909. The number of nitrogens with zero attached hydrogens (tertiary/aromatic N) is 2. The molecule has 3 heteroatoms. The number of hydrogen-bond donors (Lipinski definition) is 1. The Morgan fingerprint density at radius 3 is 2.60 bits per heavy atom. The Bertz CT molecular complexity index is 688. The van der Waals surface area contributed by atoms with E-state index in [2.05, 4.69) is 53.1 Å². The van der Waals surface area contributed by atoms with Crippen molar-refractivity contribution in [2.45, 2.75) is 19.8 Å². The van der Waals surface area contributed by atoms with Crippen LogP contribution < -0.4 is 0 Å². The van der Waals surface area contributed by atoms with Crippen molar-refractivity contribution < 1.29 is 0 Å². The second kappa shape index (κ2) is 5.29. The largest absolute Gasteiger partial charge is 0.348 e. The number of H-pyrrole nitrogens is 1. The average Bonchev–Trinajstić information content (AvgIpc) is 2.99. The van der Waals surface area contributed by atoms with Gasteiger partial charge in [0, 0.05) is 24.3 Å². The van der Waals surface area contributed by atoms with Gasteiger partial charge in [-0.3, -0.25) is 4.98 Å². The van der Waals surface area contributed by atoms with E-state index in [4.69, 9.17) is 0 Å². The minimum atomic E-state index is 0.145. The summed E-state index contributed by atoms with van der Waals surface area (Å²) in [4.78, 5) is 11.7. The van der Waals surface area contributed by atoms with Crippen LogP contribution in [0.5, 0.6) is 0 Å². The summed E-state index contributed by atoms with van der Waals surface area (Å²) in [6.07, 6.45) is 7.34. The van der Waals surface area contributed by atoms with Crippen molar-refractivity contribution in [1.29, 1.82) is 0 Å². The van der Waals surface area contributed by atoms with Gasteiger partial charge >= 0.3 is 0 Å². The molecular weight excluding hydrogens is 246 g/mol. The molecule has 0 bridgehead atoms. The minimum absolute atomic E-state index is 0.145. The van der Waals surface area contributed by atoms with Crippen molar-refractivity contribution in [3.8, 4) is 0 Å². The Hall–Kier alpha value is -2.42. The van der Waals surface area contributed by atoms with Gasteiger partial charge in [0.05, 0.1) is 12.2 Å². The molecule has 0 aliphatic rings. The molecule has 1 unspecified atom stereocenters. The highest BCUT2D eigenvalue weighted by Gasteiger charge is 2.20. The van der Waals surface area contributed by atoms with Crippen LogP contribution in [0.4, 0.5) is 0 Å². The van der Waals surface area contributed by atoms with Crippen molar-refractivity contribution in [3.05, 3.63) is 83.2 Å². The van der Waals surface area contributed by atoms with Gasteiger partial charge in [0.1, 0.15) is 0 Å². The number of pyridine rings is 1. The monoisotopic (exact) mass is 263 g/mol. The third kappa shape index (κ3) is 2.23. The lowest BCUT2D eigenvalue weighted by atomic mass is 9.86. The zero-order valence-corrected chi connectivity index (χ0v) is 11.7. The summed E-state index contributed by atoms with van der Waals surface area (Å²) in [5.74, 6) is 0.145. The van der Waals surface area contributed by atoms with Crippen molar-refractivity contribution in [2.24, 2.45) is 0 Å². The van der Waals surface area contributed by atoms with Crippen LogP contribution in [0.2, 0.25) is 0 Å². The number of aryl methyl sites for hydroxylation is 1. The fourth-order valence-corrected chi connectivity index (χ4v) is 2.58. The van der Waals surface area contributed by atoms with E-state index in [1.54, 1.807) is 12.5 Å². The molecule has 3 aromatic rings. The molecule has 1 aromatic carbocycles. The van der Waals surface area contributed by atoms with Crippen LogP contribution in [0.3, 0.4) is 0 Å². The highest BCUT2D eigenvalue weighted by Crippen LogP contribution is 2.32. The van der Waals surface area contributed by atoms with Crippen LogP contribution in [0, 0.1) is 13.8 Å². The molecule has 20 heavy (non-hydrogen) atoms. The van der Waals surface area contributed by atoms with Gasteiger partial charge in [-0.1, -0.05) is 24.3 Å². The smallest absolute Gasteiger partial charge is 0.0922 e. The number of aromatic nitrogens is 3. The lowest BCUT2D eigenvalue weighted by Gasteiger charge is -2.19. The van der Waals surface area contributed by atoms with E-state index in [0.717, 1.165) is 5.69 Å². The molecule has 2 aromatic heterocycles. The Morgan fingerprint density at radius 2 is 1.90 bits per heavy atom. The van der Waals surface area contributed by atoms with Gasteiger partial charge in [-0.15, -0.1) is 0 Å². The molecule has 1 N–H and O–H groups in total. The normalized spacial score (nSPS) is 12.3. The lowest BCUT2D eigenvalue weighted by Crippen LogP contribution is -2.07. The maximum Gasteiger partial charge on any atom is 0.0922 e. The molecule has 3 rings (SSSR count). The summed E-state index contributed by atoms with van der Waals surface area (Å²) >= 11 is 0. The van der Waals surface area contributed by atoms with Gasteiger partial charge in [-0.05, 0) is 42.2 Å². The Balaban J connectivity index is 2.19.